The Morgan fingerprint density at radius 1 is 0.491 bits per heavy atom. The van der Waals surface area contributed by atoms with E-state index in [0.29, 0.717) is 0 Å². The van der Waals surface area contributed by atoms with Gasteiger partial charge in [0.05, 0.1) is 0 Å². The van der Waals surface area contributed by atoms with Gasteiger partial charge in [-0.3, -0.25) is 0 Å². The molecule has 0 fully saturated rings. The molecule has 246 valence electrons. The van der Waals surface area contributed by atoms with Crippen molar-refractivity contribution in [2.45, 2.75) is 0 Å². The van der Waals surface area contributed by atoms with E-state index in [1.54, 1.807) is 0 Å². The number of para-hydroxylation sites is 5. The molecular weight excluding hydrogens is 716 g/mol. The predicted octanol–water partition coefficient (Wildman–Crippen LogP) is 6.32. The number of benzene rings is 7. The van der Waals surface area contributed by atoms with Crippen molar-refractivity contribution in [3.8, 4) is 34.8 Å². The second-order valence-electron chi connectivity index (χ2n) is 11.6. The molecule has 7 aromatic carbocycles. The Morgan fingerprint density at radius 3 is 1.57 bits per heavy atom. The maximum atomic E-state index is 10.1. The van der Waals surface area contributed by atoms with E-state index in [0.717, 1.165) is 9.13 Å². The summed E-state index contributed by atoms with van der Waals surface area (Å²) in [5.41, 5.74) is -3.27. The van der Waals surface area contributed by atoms with Crippen LogP contribution in [-0.2, 0) is 0 Å². The Labute approximate surface area is 347 Å². The van der Waals surface area contributed by atoms with Crippen molar-refractivity contribution in [1.82, 2.24) is 24.1 Å². The maximum absolute atomic E-state index is 10.1. The summed E-state index contributed by atoms with van der Waals surface area (Å²) in [4.78, 5) is 14.0. The fourth-order valence-electron chi connectivity index (χ4n) is 6.76. The molecule has 0 aliphatic carbocycles. The summed E-state index contributed by atoms with van der Waals surface area (Å²) in [7, 11) is 0. The topological polar surface area (TPSA) is 57.8 Å². The van der Waals surface area contributed by atoms with Gasteiger partial charge >= 0.3 is 347 Å². The van der Waals surface area contributed by atoms with Gasteiger partial charge in [-0.1, -0.05) is 0 Å². The average Bonchev–Trinajstić information content (AvgIpc) is 3.44. The molecule has 12 rings (SSSR count). The third kappa shape index (κ3) is 4.19. The van der Waals surface area contributed by atoms with Crippen LogP contribution < -0.4 is 30.0 Å². The zero-order chi connectivity index (χ0) is 57.2. The second kappa shape index (κ2) is 11.0. The van der Waals surface area contributed by atoms with Gasteiger partial charge in [-0.05, 0) is 0 Å². The first-order chi connectivity index (χ1) is 37.1. The zero-order valence-electron chi connectivity index (χ0n) is 52.1. The molecule has 53 heavy (non-hydrogen) atoms. The van der Waals surface area contributed by atoms with Gasteiger partial charge < -0.3 is 0 Å². The fourth-order valence-corrected chi connectivity index (χ4v) is 8.99. The molecule has 0 N–H and O–H groups in total. The minimum absolute atomic E-state index is 0.0430. The first kappa shape index (κ1) is 13.8. The third-order valence-corrected chi connectivity index (χ3v) is 11.1. The number of hydrogen-bond acceptors (Lipinski definition) is 4. The average molecular weight is 769 g/mol. The van der Waals surface area contributed by atoms with Crippen molar-refractivity contribution in [3.63, 3.8) is 0 Å². The summed E-state index contributed by atoms with van der Waals surface area (Å²) < 4.78 is 241. The van der Waals surface area contributed by atoms with E-state index >= 15 is 0 Å². The fraction of sp³-hybridized carbons (Fsp3) is 0. The van der Waals surface area contributed by atoms with E-state index in [-0.39, 0.29) is 25.3 Å². The SMILES string of the molecule is [2H]c1c([2H])c([2H])c2c(c1[2H])Oc1c([2H])c(-c3nc(-n4c5c([2H])c([2H])c([2H])c([2H])c5c5c([2H])c([2H])c([2H])c([2H])c54)nc(-n4c5c([2H])c([2H])c([2H])c([2H])c5c5c([2H])c([2H])c([2H])c([2H])c54)n3)c([2H])c3c1B2c1c([2H])c([2H])c([2H])c([2H])c1[Se]3. The van der Waals surface area contributed by atoms with Crippen LogP contribution in [0.1, 0.15) is 35.6 Å². The Bertz CT molecular complexity index is 4230. The van der Waals surface area contributed by atoms with Crippen molar-refractivity contribution < 1.29 is 40.4 Å². The van der Waals surface area contributed by atoms with E-state index < -0.39 is 257 Å². The standard InChI is InChI=1S/C45H26BN5OSe/c1-7-19-34-28(13-1)29-14-2-8-20-35(29)50(34)44-47-43(48-45(49-44)51-36-21-9-3-15-30(36)31-16-4-10-22-37(31)51)27-25-39-42-41(26-27)53-40-24-12-6-18-33(40)46(42)32-17-5-11-23-38(32)52-39/h1-26H/i1D,2D,3D,4D,5D,6D,7D,8D,9D,10D,11D,12D,13D,14D,15D,16D,17D,18D,19D,20D,21D,22D,23D,24D,25D,26D. The van der Waals surface area contributed by atoms with Gasteiger partial charge in [-0.15, -0.1) is 0 Å². The van der Waals surface area contributed by atoms with Gasteiger partial charge in [0.15, 0.2) is 0 Å². The van der Waals surface area contributed by atoms with Gasteiger partial charge in [0, 0.05) is 0 Å². The summed E-state index contributed by atoms with van der Waals surface area (Å²) in [6.07, 6.45) is 0. The summed E-state index contributed by atoms with van der Waals surface area (Å²) in [5.74, 6) is -3.45. The van der Waals surface area contributed by atoms with Crippen LogP contribution in [0, 0.1) is 0 Å². The van der Waals surface area contributed by atoms with Crippen LogP contribution in [-0.4, -0.2) is 45.8 Å². The first-order valence-electron chi connectivity index (χ1n) is 28.6. The van der Waals surface area contributed by atoms with Crippen LogP contribution in [0.15, 0.2) is 157 Å². The Morgan fingerprint density at radius 2 is 0.981 bits per heavy atom. The number of hydrogen-bond donors (Lipinski definition) is 0. The van der Waals surface area contributed by atoms with Crippen molar-refractivity contribution in [2.75, 3.05) is 0 Å². The minimum atomic E-state index is -1.51. The Hall–Kier alpha value is -6.47. The normalized spacial score (nSPS) is 19.8. The molecule has 6 nitrogen and oxygen atoms in total. The molecule has 0 amide bonds. The van der Waals surface area contributed by atoms with Crippen LogP contribution in [0.4, 0.5) is 0 Å². The number of rotatable bonds is 3. The molecule has 10 aromatic rings. The quantitative estimate of drug-likeness (QED) is 0.198. The summed E-state index contributed by atoms with van der Waals surface area (Å²) in [6.45, 7) is -1.51. The first-order valence-corrected chi connectivity index (χ1v) is 17.3. The van der Waals surface area contributed by atoms with Crippen molar-refractivity contribution >= 4 is 90.6 Å². The monoisotopic (exact) mass is 769 g/mol. The molecule has 2 aliphatic heterocycles. The van der Waals surface area contributed by atoms with Crippen molar-refractivity contribution in [2.24, 2.45) is 0 Å². The predicted molar refractivity (Wildman–Crippen MR) is 217 cm³/mol. The van der Waals surface area contributed by atoms with E-state index in [9.17, 15) is 8.22 Å². The molecule has 0 unspecified atom stereocenters. The molecule has 0 spiro atoms. The molecular formula is C45H26BN5OSe. The van der Waals surface area contributed by atoms with E-state index in [2.05, 4.69) is 15.0 Å². The van der Waals surface area contributed by atoms with E-state index in [1.165, 1.54) is 0 Å². The van der Waals surface area contributed by atoms with Gasteiger partial charge in [-0.25, -0.2) is 0 Å². The van der Waals surface area contributed by atoms with Gasteiger partial charge in [0.1, 0.15) is 0 Å². The van der Waals surface area contributed by atoms with Crippen LogP contribution in [0.3, 0.4) is 0 Å². The third-order valence-electron chi connectivity index (χ3n) is 8.90. The molecule has 0 radical (unpaired) electrons. The van der Waals surface area contributed by atoms with Crippen molar-refractivity contribution in [1.29, 1.82) is 0 Å². The zero-order valence-corrected chi connectivity index (χ0v) is 27.8. The van der Waals surface area contributed by atoms with Crippen LogP contribution in [0.25, 0.3) is 66.9 Å². The molecule has 0 saturated carbocycles. The molecule has 3 aromatic heterocycles. The van der Waals surface area contributed by atoms with Gasteiger partial charge in [-0.2, -0.15) is 0 Å². The van der Waals surface area contributed by atoms with Gasteiger partial charge in [0.2, 0.25) is 0 Å². The van der Waals surface area contributed by atoms with E-state index in [1.807, 2.05) is 0 Å². The van der Waals surface area contributed by atoms with Gasteiger partial charge in [0.25, 0.3) is 0 Å². The summed E-state index contributed by atoms with van der Waals surface area (Å²) in [6, 6.07) is -19.9. The van der Waals surface area contributed by atoms with Crippen LogP contribution in [0.2, 0.25) is 0 Å². The molecule has 5 heterocycles. The number of fused-ring (bicyclic) bond motifs is 10. The molecule has 0 atom stereocenters. The Balaban J connectivity index is 1.31. The van der Waals surface area contributed by atoms with Crippen LogP contribution in [0.5, 0.6) is 11.5 Å². The van der Waals surface area contributed by atoms with Crippen LogP contribution >= 0.6 is 0 Å². The summed E-state index contributed by atoms with van der Waals surface area (Å²) in [5, 5.41) is -1.81. The number of ether oxygens (including phenoxy) is 1. The molecule has 0 saturated heterocycles. The molecule has 8 heteroatoms. The number of aromatic nitrogens is 5. The van der Waals surface area contributed by atoms with Crippen molar-refractivity contribution in [3.05, 3.63) is 157 Å². The number of nitrogens with zero attached hydrogens (tertiary/aromatic N) is 5. The molecule has 2 aliphatic rings. The van der Waals surface area contributed by atoms with E-state index in [4.69, 9.17) is 32.2 Å². The summed E-state index contributed by atoms with van der Waals surface area (Å²) >= 11 is -1.35. The second-order valence-corrected chi connectivity index (χ2v) is 13.8. The Kier molecular flexibility index (Phi) is 2.87. The molecule has 0 bridgehead atoms.